The maximum absolute atomic E-state index is 12.4. The van der Waals surface area contributed by atoms with Gasteiger partial charge in [-0.2, -0.15) is 0 Å². The number of carbonyl (C=O) groups is 2. The first kappa shape index (κ1) is 19.6. The summed E-state index contributed by atoms with van der Waals surface area (Å²) in [6.45, 7) is 4.54. The number of ether oxygens (including phenoxy) is 1. The Labute approximate surface area is 143 Å². The van der Waals surface area contributed by atoms with E-state index in [9.17, 15) is 9.59 Å². The molecular weight excluding hydrogens is 316 g/mol. The molecule has 2 N–H and O–H groups in total. The summed E-state index contributed by atoms with van der Waals surface area (Å²) in [5, 5.41) is 6.32. The topological polar surface area (TPSA) is 67.4 Å². The lowest BCUT2D eigenvalue weighted by Crippen LogP contribution is -2.47. The quantitative estimate of drug-likeness (QED) is 0.778. The van der Waals surface area contributed by atoms with Crippen LogP contribution in [0.1, 0.15) is 40.5 Å². The van der Waals surface area contributed by atoms with Crippen LogP contribution in [0.2, 0.25) is 0 Å². The zero-order chi connectivity index (χ0) is 16.0. The van der Waals surface area contributed by atoms with E-state index >= 15 is 0 Å². The lowest BCUT2D eigenvalue weighted by Gasteiger charge is -2.37. The summed E-state index contributed by atoms with van der Waals surface area (Å²) in [5.74, 6) is -0.293. The Balaban J connectivity index is 0.00000264. The van der Waals surface area contributed by atoms with Crippen LogP contribution < -0.4 is 10.6 Å². The van der Waals surface area contributed by atoms with Crippen LogP contribution in [-0.2, 0) is 4.74 Å². The Bertz CT molecular complexity index is 537. The average molecular weight is 341 g/mol. The molecule has 1 aliphatic heterocycles. The predicted octanol–water partition coefficient (Wildman–Crippen LogP) is 2.06. The first-order valence-electron chi connectivity index (χ1n) is 7.66. The molecule has 128 valence electrons. The van der Waals surface area contributed by atoms with E-state index in [2.05, 4.69) is 10.6 Å². The molecule has 0 aliphatic carbocycles. The van der Waals surface area contributed by atoms with E-state index in [0.29, 0.717) is 24.3 Å². The van der Waals surface area contributed by atoms with E-state index < -0.39 is 0 Å². The first-order chi connectivity index (χ1) is 10.6. The number of methoxy groups -OCH3 is 1. The number of rotatable bonds is 6. The van der Waals surface area contributed by atoms with Crippen LogP contribution >= 0.6 is 12.4 Å². The number of benzene rings is 1. The van der Waals surface area contributed by atoms with Gasteiger partial charge < -0.3 is 15.4 Å². The van der Waals surface area contributed by atoms with Gasteiger partial charge in [0.05, 0.1) is 12.2 Å². The molecule has 1 saturated heterocycles. The van der Waals surface area contributed by atoms with E-state index in [4.69, 9.17) is 4.74 Å². The zero-order valence-electron chi connectivity index (χ0n) is 13.7. The summed E-state index contributed by atoms with van der Waals surface area (Å²) in [6, 6.07) is 6.92. The van der Waals surface area contributed by atoms with Crippen LogP contribution in [0.15, 0.2) is 24.3 Å². The molecule has 23 heavy (non-hydrogen) atoms. The molecule has 0 bridgehead atoms. The van der Waals surface area contributed by atoms with Crippen molar-refractivity contribution in [3.05, 3.63) is 35.4 Å². The Morgan fingerprint density at radius 3 is 2.39 bits per heavy atom. The fourth-order valence-electron chi connectivity index (χ4n) is 2.99. The van der Waals surface area contributed by atoms with Crippen LogP contribution in [0.5, 0.6) is 0 Å². The van der Waals surface area contributed by atoms with Crippen molar-refractivity contribution in [3.8, 4) is 0 Å². The average Bonchev–Trinajstić information content (AvgIpc) is 2.54. The molecule has 0 spiro atoms. The second kappa shape index (κ2) is 9.01. The summed E-state index contributed by atoms with van der Waals surface area (Å²) in [7, 11) is 1.69. The molecule has 0 radical (unpaired) electrons. The minimum atomic E-state index is -0.195. The lowest BCUT2D eigenvalue weighted by atomic mass is 9.79. The van der Waals surface area contributed by atoms with Crippen molar-refractivity contribution in [1.82, 2.24) is 10.6 Å². The number of halogens is 1. The van der Waals surface area contributed by atoms with Gasteiger partial charge in [0.25, 0.3) is 5.91 Å². The van der Waals surface area contributed by atoms with E-state index in [-0.39, 0.29) is 29.5 Å². The van der Waals surface area contributed by atoms with Gasteiger partial charge >= 0.3 is 0 Å². The molecule has 1 aromatic carbocycles. The third kappa shape index (κ3) is 5.03. The number of carbonyl (C=O) groups excluding carboxylic acids is 2. The van der Waals surface area contributed by atoms with E-state index in [0.717, 1.165) is 25.9 Å². The maximum atomic E-state index is 12.4. The molecule has 2 rings (SSSR count). The van der Waals surface area contributed by atoms with Crippen molar-refractivity contribution in [2.75, 3.05) is 33.4 Å². The van der Waals surface area contributed by atoms with Crippen molar-refractivity contribution in [2.45, 2.75) is 19.8 Å². The summed E-state index contributed by atoms with van der Waals surface area (Å²) < 4.78 is 5.35. The third-order valence-corrected chi connectivity index (χ3v) is 4.29. The van der Waals surface area contributed by atoms with E-state index in [1.807, 2.05) is 0 Å². The Morgan fingerprint density at radius 1 is 1.22 bits per heavy atom. The minimum absolute atomic E-state index is 0. The van der Waals surface area contributed by atoms with E-state index in [1.165, 1.54) is 6.92 Å². The SMILES string of the molecule is COCC1(CNC(=O)c2ccccc2C(C)=O)CCNCC1.Cl. The fraction of sp³-hybridized carbons (Fsp3) is 0.529. The second-order valence-electron chi connectivity index (χ2n) is 5.97. The van der Waals surface area contributed by atoms with Crippen molar-refractivity contribution >= 4 is 24.1 Å². The molecule has 6 heteroatoms. The van der Waals surface area contributed by atoms with Gasteiger partial charge in [0.15, 0.2) is 5.78 Å². The van der Waals surface area contributed by atoms with Crippen molar-refractivity contribution in [3.63, 3.8) is 0 Å². The number of amides is 1. The second-order valence-corrected chi connectivity index (χ2v) is 5.97. The number of hydrogen-bond donors (Lipinski definition) is 2. The highest BCUT2D eigenvalue weighted by Crippen LogP contribution is 2.28. The van der Waals surface area contributed by atoms with Gasteiger partial charge in [0, 0.05) is 24.6 Å². The van der Waals surface area contributed by atoms with Crippen LogP contribution in [0.25, 0.3) is 0 Å². The normalized spacial score (nSPS) is 16.3. The molecule has 1 aliphatic rings. The van der Waals surface area contributed by atoms with Crippen molar-refractivity contribution in [1.29, 1.82) is 0 Å². The smallest absolute Gasteiger partial charge is 0.252 e. The first-order valence-corrected chi connectivity index (χ1v) is 7.66. The third-order valence-electron chi connectivity index (χ3n) is 4.29. The minimum Gasteiger partial charge on any atom is -0.384 e. The molecule has 1 aromatic rings. The Kier molecular flexibility index (Phi) is 7.68. The van der Waals surface area contributed by atoms with Crippen LogP contribution in [0.4, 0.5) is 0 Å². The number of ketones is 1. The van der Waals surface area contributed by atoms with Gasteiger partial charge in [-0.1, -0.05) is 18.2 Å². The molecule has 0 saturated carbocycles. The van der Waals surface area contributed by atoms with Gasteiger partial charge in [-0.25, -0.2) is 0 Å². The molecule has 1 heterocycles. The molecule has 1 fully saturated rings. The van der Waals surface area contributed by atoms with Crippen LogP contribution in [0, 0.1) is 5.41 Å². The van der Waals surface area contributed by atoms with Crippen LogP contribution in [-0.4, -0.2) is 45.0 Å². The summed E-state index contributed by atoms with van der Waals surface area (Å²) in [4.78, 5) is 24.1. The highest BCUT2D eigenvalue weighted by molar-refractivity contribution is 6.07. The van der Waals surface area contributed by atoms with E-state index in [1.54, 1.807) is 31.4 Å². The standard InChI is InChI=1S/C17H24N2O3.ClH/c1-13(20)14-5-3-4-6-15(14)16(21)19-11-17(12-22-2)7-9-18-10-8-17;/h3-6,18H,7-12H2,1-2H3,(H,19,21);1H. The summed E-state index contributed by atoms with van der Waals surface area (Å²) in [6.07, 6.45) is 1.94. The lowest BCUT2D eigenvalue weighted by molar-refractivity contribution is 0.0511. The van der Waals surface area contributed by atoms with Crippen molar-refractivity contribution < 1.29 is 14.3 Å². The highest BCUT2D eigenvalue weighted by atomic mass is 35.5. The van der Waals surface area contributed by atoms with Gasteiger partial charge in [-0.3, -0.25) is 9.59 Å². The van der Waals surface area contributed by atoms with Crippen molar-refractivity contribution in [2.24, 2.45) is 5.41 Å². The maximum Gasteiger partial charge on any atom is 0.252 e. The van der Waals surface area contributed by atoms with Crippen LogP contribution in [0.3, 0.4) is 0 Å². The van der Waals surface area contributed by atoms with Gasteiger partial charge in [-0.15, -0.1) is 12.4 Å². The molecule has 5 nitrogen and oxygen atoms in total. The molecule has 1 amide bonds. The number of Topliss-reactive ketones (excluding diaryl/α,β-unsaturated/α-hetero) is 1. The largest absolute Gasteiger partial charge is 0.384 e. The number of hydrogen-bond acceptors (Lipinski definition) is 4. The fourth-order valence-corrected chi connectivity index (χ4v) is 2.99. The molecular formula is C17H25ClN2O3. The highest BCUT2D eigenvalue weighted by Gasteiger charge is 2.32. The molecule has 0 unspecified atom stereocenters. The zero-order valence-corrected chi connectivity index (χ0v) is 14.5. The summed E-state index contributed by atoms with van der Waals surface area (Å²) in [5.41, 5.74) is 0.878. The Hall–Kier alpha value is -1.43. The molecule has 0 aromatic heterocycles. The van der Waals surface area contributed by atoms with Gasteiger partial charge in [-0.05, 0) is 38.9 Å². The Morgan fingerprint density at radius 2 is 1.83 bits per heavy atom. The predicted molar refractivity (Wildman–Crippen MR) is 92.4 cm³/mol. The number of nitrogens with one attached hydrogen (secondary N) is 2. The molecule has 0 atom stereocenters. The number of piperidine rings is 1. The van der Waals surface area contributed by atoms with Gasteiger partial charge in [0.1, 0.15) is 0 Å². The van der Waals surface area contributed by atoms with Gasteiger partial charge in [0.2, 0.25) is 0 Å². The summed E-state index contributed by atoms with van der Waals surface area (Å²) >= 11 is 0. The monoisotopic (exact) mass is 340 g/mol.